The largest absolute Gasteiger partial charge is 0.497 e. The van der Waals surface area contributed by atoms with Gasteiger partial charge in [-0.1, -0.05) is 12.1 Å². The first-order valence-corrected chi connectivity index (χ1v) is 11.5. The molecule has 0 amide bonds. The molecule has 0 bridgehead atoms. The number of methoxy groups -OCH3 is 3. The van der Waals surface area contributed by atoms with E-state index >= 15 is 0 Å². The molecule has 3 aromatic rings. The van der Waals surface area contributed by atoms with Gasteiger partial charge >= 0.3 is 0 Å². The molecular weight excluding hydrogens is 432 g/mol. The summed E-state index contributed by atoms with van der Waals surface area (Å²) in [5, 5.41) is 12.9. The summed E-state index contributed by atoms with van der Waals surface area (Å²) in [6.07, 6.45) is 0. The molecule has 9 nitrogen and oxygen atoms in total. The Labute approximate surface area is 201 Å². The van der Waals surface area contributed by atoms with Crippen LogP contribution in [0.15, 0.2) is 42.5 Å². The van der Waals surface area contributed by atoms with Crippen molar-refractivity contribution in [2.45, 2.75) is 32.4 Å². The number of piperazine rings is 1. The molecule has 0 saturated carbocycles. The van der Waals surface area contributed by atoms with Crippen molar-refractivity contribution in [1.82, 2.24) is 25.1 Å². The van der Waals surface area contributed by atoms with Gasteiger partial charge in [-0.3, -0.25) is 4.90 Å². The molecule has 182 valence electrons. The van der Waals surface area contributed by atoms with E-state index in [0.29, 0.717) is 0 Å². The lowest BCUT2D eigenvalue weighted by Gasteiger charge is -2.41. The minimum absolute atomic E-state index is 0.195. The van der Waals surface area contributed by atoms with Crippen LogP contribution in [-0.4, -0.2) is 72.6 Å². The van der Waals surface area contributed by atoms with Gasteiger partial charge in [0, 0.05) is 31.7 Å². The fourth-order valence-corrected chi connectivity index (χ4v) is 4.51. The van der Waals surface area contributed by atoms with E-state index in [9.17, 15) is 0 Å². The molecule has 1 fully saturated rings. The number of para-hydroxylation sites is 2. The van der Waals surface area contributed by atoms with Gasteiger partial charge < -0.3 is 19.1 Å². The van der Waals surface area contributed by atoms with Crippen LogP contribution in [0.25, 0.3) is 0 Å². The van der Waals surface area contributed by atoms with E-state index in [1.54, 1.807) is 21.3 Å². The minimum Gasteiger partial charge on any atom is -0.497 e. The summed E-state index contributed by atoms with van der Waals surface area (Å²) in [7, 11) is 5.08. The van der Waals surface area contributed by atoms with Crippen LogP contribution < -0.4 is 19.1 Å². The van der Waals surface area contributed by atoms with E-state index in [1.165, 1.54) is 0 Å². The first kappa shape index (κ1) is 23.8. The molecule has 1 aliphatic heterocycles. The van der Waals surface area contributed by atoms with Gasteiger partial charge in [-0.2, -0.15) is 0 Å². The van der Waals surface area contributed by atoms with Crippen LogP contribution in [0.4, 0.5) is 5.69 Å². The second-order valence-electron chi connectivity index (χ2n) is 9.32. The Morgan fingerprint density at radius 2 is 1.56 bits per heavy atom. The molecule has 0 unspecified atom stereocenters. The van der Waals surface area contributed by atoms with Crippen LogP contribution in [0.3, 0.4) is 0 Å². The van der Waals surface area contributed by atoms with Crippen molar-refractivity contribution in [3.8, 4) is 17.2 Å². The van der Waals surface area contributed by atoms with Crippen LogP contribution >= 0.6 is 0 Å². The van der Waals surface area contributed by atoms with Crippen molar-refractivity contribution in [3.05, 3.63) is 53.9 Å². The van der Waals surface area contributed by atoms with Gasteiger partial charge in [0.05, 0.1) is 32.6 Å². The molecule has 0 radical (unpaired) electrons. The number of hydrogen-bond acceptors (Lipinski definition) is 8. The normalized spacial score (nSPS) is 15.8. The Hall–Kier alpha value is -3.33. The zero-order chi connectivity index (χ0) is 24.3. The van der Waals surface area contributed by atoms with Crippen molar-refractivity contribution in [3.63, 3.8) is 0 Å². The Morgan fingerprint density at radius 3 is 2.21 bits per heavy atom. The number of nitrogens with zero attached hydrogens (tertiary/aromatic N) is 6. The Bertz CT molecular complexity index is 1100. The maximum atomic E-state index is 5.77. The number of hydrogen-bond donors (Lipinski definition) is 0. The van der Waals surface area contributed by atoms with Crippen LogP contribution in [0.1, 0.15) is 38.2 Å². The van der Waals surface area contributed by atoms with Gasteiger partial charge in [-0.05, 0) is 61.5 Å². The molecule has 1 aliphatic rings. The molecule has 1 atom stereocenters. The molecule has 4 rings (SSSR count). The van der Waals surface area contributed by atoms with Gasteiger partial charge in [0.2, 0.25) is 0 Å². The zero-order valence-corrected chi connectivity index (χ0v) is 20.9. The highest BCUT2D eigenvalue weighted by Gasteiger charge is 2.35. The number of ether oxygens (including phenoxy) is 3. The SMILES string of the molecule is COc1ccc(OC)c([C@@H](c2nnnn2C(C)(C)C)N2CCN(c3ccccc3OC)CC2)c1. The average molecular weight is 467 g/mol. The third-order valence-corrected chi connectivity index (χ3v) is 6.21. The van der Waals surface area contributed by atoms with E-state index in [1.807, 2.05) is 41.1 Å². The molecule has 0 spiro atoms. The van der Waals surface area contributed by atoms with E-state index in [-0.39, 0.29) is 11.6 Å². The molecule has 1 saturated heterocycles. The second-order valence-corrected chi connectivity index (χ2v) is 9.32. The van der Waals surface area contributed by atoms with E-state index < -0.39 is 0 Å². The summed E-state index contributed by atoms with van der Waals surface area (Å²) in [5.74, 6) is 3.22. The molecule has 1 aromatic heterocycles. The lowest BCUT2D eigenvalue weighted by atomic mass is 10.00. The smallest absolute Gasteiger partial charge is 0.173 e. The van der Waals surface area contributed by atoms with Crippen LogP contribution in [0, 0.1) is 0 Å². The summed E-state index contributed by atoms with van der Waals surface area (Å²) in [4.78, 5) is 4.78. The van der Waals surface area contributed by atoms with E-state index in [2.05, 4.69) is 52.2 Å². The fraction of sp³-hybridized carbons (Fsp3) is 0.480. The van der Waals surface area contributed by atoms with Gasteiger partial charge in [0.15, 0.2) is 5.82 Å². The van der Waals surface area contributed by atoms with Gasteiger partial charge in [-0.25, -0.2) is 4.68 Å². The number of benzene rings is 2. The van der Waals surface area contributed by atoms with Gasteiger partial charge in [0.1, 0.15) is 23.3 Å². The van der Waals surface area contributed by atoms with Gasteiger partial charge in [0.25, 0.3) is 0 Å². The van der Waals surface area contributed by atoms with Crippen molar-refractivity contribution >= 4 is 5.69 Å². The van der Waals surface area contributed by atoms with Crippen LogP contribution in [-0.2, 0) is 5.54 Å². The van der Waals surface area contributed by atoms with E-state index in [0.717, 1.165) is 60.5 Å². The Balaban J connectivity index is 1.72. The number of anilines is 1. The third kappa shape index (κ3) is 4.65. The standard InChI is InChI=1S/C25H34N6O3/c1-25(2,3)31-24(26-27-28-31)23(19-17-18(32-4)11-12-21(19)33-5)30-15-13-29(14-16-30)20-9-7-8-10-22(20)34-6/h7-12,17,23H,13-16H2,1-6H3/t23-/m0/s1. The molecule has 0 aliphatic carbocycles. The lowest BCUT2D eigenvalue weighted by molar-refractivity contribution is 0.188. The summed E-state index contributed by atoms with van der Waals surface area (Å²) in [6.45, 7) is 9.64. The highest BCUT2D eigenvalue weighted by molar-refractivity contribution is 5.58. The third-order valence-electron chi connectivity index (χ3n) is 6.21. The Kier molecular flexibility index (Phi) is 6.92. The van der Waals surface area contributed by atoms with Crippen LogP contribution in [0.5, 0.6) is 17.2 Å². The summed E-state index contributed by atoms with van der Waals surface area (Å²) in [5.41, 5.74) is 1.81. The minimum atomic E-state index is -0.275. The predicted octanol–water partition coefficient (Wildman–Crippen LogP) is 3.37. The van der Waals surface area contributed by atoms with Crippen molar-refractivity contribution in [1.29, 1.82) is 0 Å². The lowest BCUT2D eigenvalue weighted by Crippen LogP contribution is -2.49. The zero-order valence-electron chi connectivity index (χ0n) is 20.9. The van der Waals surface area contributed by atoms with Crippen LogP contribution in [0.2, 0.25) is 0 Å². The Morgan fingerprint density at radius 1 is 0.853 bits per heavy atom. The molecular formula is C25H34N6O3. The highest BCUT2D eigenvalue weighted by Crippen LogP contribution is 2.38. The maximum absolute atomic E-state index is 5.77. The molecule has 34 heavy (non-hydrogen) atoms. The van der Waals surface area contributed by atoms with Crippen molar-refractivity contribution < 1.29 is 14.2 Å². The fourth-order valence-electron chi connectivity index (χ4n) is 4.51. The predicted molar refractivity (Wildman–Crippen MR) is 131 cm³/mol. The highest BCUT2D eigenvalue weighted by atomic mass is 16.5. The van der Waals surface area contributed by atoms with Crippen molar-refractivity contribution in [2.24, 2.45) is 0 Å². The summed E-state index contributed by atoms with van der Waals surface area (Å²) >= 11 is 0. The number of rotatable bonds is 7. The quantitative estimate of drug-likeness (QED) is 0.525. The first-order chi connectivity index (χ1) is 16.4. The molecule has 0 N–H and O–H groups in total. The summed E-state index contributed by atoms with van der Waals surface area (Å²) < 4.78 is 18.8. The number of tetrazole rings is 1. The van der Waals surface area contributed by atoms with Crippen molar-refractivity contribution in [2.75, 3.05) is 52.4 Å². The van der Waals surface area contributed by atoms with Gasteiger partial charge in [-0.15, -0.1) is 5.10 Å². The second kappa shape index (κ2) is 9.89. The first-order valence-electron chi connectivity index (χ1n) is 11.5. The average Bonchev–Trinajstić information content (AvgIpc) is 3.35. The number of aromatic nitrogens is 4. The topological polar surface area (TPSA) is 77.8 Å². The molecule has 9 heteroatoms. The monoisotopic (exact) mass is 466 g/mol. The molecule has 2 heterocycles. The maximum Gasteiger partial charge on any atom is 0.173 e. The van der Waals surface area contributed by atoms with E-state index in [4.69, 9.17) is 14.2 Å². The molecule has 2 aromatic carbocycles. The summed E-state index contributed by atoms with van der Waals surface area (Å²) in [6, 6.07) is 13.8.